The lowest BCUT2D eigenvalue weighted by molar-refractivity contribution is -0.123. The van der Waals surface area contributed by atoms with Crippen molar-refractivity contribution >= 4 is 27.5 Å². The lowest BCUT2D eigenvalue weighted by atomic mass is 10.2. The third kappa shape index (κ3) is 3.36. The summed E-state index contributed by atoms with van der Waals surface area (Å²) in [6.45, 7) is 1.92. The fraction of sp³-hybridized carbons (Fsp3) is 0.417. The largest absolute Gasteiger partial charge is 0.481 e. The molecule has 1 saturated carbocycles. The van der Waals surface area contributed by atoms with Gasteiger partial charge < -0.3 is 15.8 Å². The van der Waals surface area contributed by atoms with Crippen molar-refractivity contribution in [3.05, 3.63) is 22.2 Å². The zero-order valence-corrected chi connectivity index (χ0v) is 11.2. The molecule has 2 rings (SSSR count). The summed E-state index contributed by atoms with van der Waals surface area (Å²) >= 11 is 3.35. The van der Waals surface area contributed by atoms with Gasteiger partial charge in [0.1, 0.15) is 5.75 Å². The van der Waals surface area contributed by atoms with Crippen LogP contribution in [-0.4, -0.2) is 18.6 Å². The molecule has 1 aromatic rings. The highest BCUT2D eigenvalue weighted by Crippen LogP contribution is 2.30. The molecule has 1 aliphatic rings. The molecule has 17 heavy (non-hydrogen) atoms. The highest BCUT2D eigenvalue weighted by Gasteiger charge is 2.23. The van der Waals surface area contributed by atoms with Crippen LogP contribution in [0.1, 0.15) is 18.4 Å². The van der Waals surface area contributed by atoms with Gasteiger partial charge in [-0.05, 0) is 37.5 Å². The molecule has 5 heteroatoms. The van der Waals surface area contributed by atoms with Crippen LogP contribution in [0, 0.1) is 6.92 Å². The predicted octanol–water partition coefficient (Wildman–Crippen LogP) is 2.00. The zero-order chi connectivity index (χ0) is 12.4. The summed E-state index contributed by atoms with van der Waals surface area (Å²) in [4.78, 5) is 11.5. The fourth-order valence-electron chi connectivity index (χ4n) is 1.59. The Morgan fingerprint density at radius 2 is 2.29 bits per heavy atom. The van der Waals surface area contributed by atoms with E-state index in [0.29, 0.717) is 17.5 Å². The van der Waals surface area contributed by atoms with Gasteiger partial charge in [-0.3, -0.25) is 4.79 Å². The molecule has 3 N–H and O–H groups in total. The fourth-order valence-corrected chi connectivity index (χ4v) is 2.18. The topological polar surface area (TPSA) is 64.3 Å². The number of ether oxygens (including phenoxy) is 1. The quantitative estimate of drug-likeness (QED) is 0.836. The van der Waals surface area contributed by atoms with E-state index in [0.717, 1.165) is 22.9 Å². The van der Waals surface area contributed by atoms with Crippen molar-refractivity contribution in [1.82, 2.24) is 5.32 Å². The lowest BCUT2D eigenvalue weighted by Crippen LogP contribution is -2.30. The van der Waals surface area contributed by atoms with E-state index in [1.807, 2.05) is 13.0 Å². The van der Waals surface area contributed by atoms with Gasteiger partial charge in [0.05, 0.1) is 5.69 Å². The number of rotatable bonds is 4. The van der Waals surface area contributed by atoms with Gasteiger partial charge >= 0.3 is 0 Å². The Hall–Kier alpha value is -1.23. The van der Waals surface area contributed by atoms with Crippen LogP contribution in [0.5, 0.6) is 5.75 Å². The average molecular weight is 299 g/mol. The van der Waals surface area contributed by atoms with Crippen molar-refractivity contribution in [2.45, 2.75) is 25.8 Å². The number of nitrogen functional groups attached to an aromatic ring is 1. The lowest BCUT2D eigenvalue weighted by Gasteiger charge is -2.12. The number of anilines is 1. The van der Waals surface area contributed by atoms with Crippen LogP contribution >= 0.6 is 15.9 Å². The molecule has 1 aliphatic carbocycles. The first-order valence-corrected chi connectivity index (χ1v) is 6.33. The number of hydrogen-bond acceptors (Lipinski definition) is 3. The van der Waals surface area contributed by atoms with Crippen molar-refractivity contribution in [2.24, 2.45) is 0 Å². The number of hydrogen-bond donors (Lipinski definition) is 2. The molecule has 0 heterocycles. The number of nitrogens with two attached hydrogens (primary N) is 1. The molecule has 1 amide bonds. The average Bonchev–Trinajstić information content (AvgIpc) is 2.99. The molecule has 0 aromatic heterocycles. The van der Waals surface area contributed by atoms with Crippen LogP contribution in [-0.2, 0) is 4.79 Å². The van der Waals surface area contributed by atoms with Crippen LogP contribution in [0.2, 0.25) is 0 Å². The molecule has 0 aliphatic heterocycles. The van der Waals surface area contributed by atoms with Crippen molar-refractivity contribution in [1.29, 1.82) is 0 Å². The maximum absolute atomic E-state index is 11.5. The van der Waals surface area contributed by atoms with Crippen LogP contribution in [0.3, 0.4) is 0 Å². The molecule has 0 bridgehead atoms. The minimum atomic E-state index is -0.0887. The smallest absolute Gasteiger partial charge is 0.258 e. The van der Waals surface area contributed by atoms with Gasteiger partial charge in [-0.1, -0.05) is 15.9 Å². The highest BCUT2D eigenvalue weighted by atomic mass is 79.9. The first-order chi connectivity index (χ1) is 8.06. The first-order valence-electron chi connectivity index (χ1n) is 5.54. The van der Waals surface area contributed by atoms with Crippen LogP contribution in [0.4, 0.5) is 5.69 Å². The molecule has 4 nitrogen and oxygen atoms in total. The molecular weight excluding hydrogens is 284 g/mol. The Kier molecular flexibility index (Phi) is 3.57. The molecule has 0 atom stereocenters. The Morgan fingerprint density at radius 1 is 1.59 bits per heavy atom. The van der Waals surface area contributed by atoms with E-state index in [9.17, 15) is 4.79 Å². The van der Waals surface area contributed by atoms with Crippen molar-refractivity contribution in [3.63, 3.8) is 0 Å². The number of nitrogens with one attached hydrogen (secondary N) is 1. The maximum atomic E-state index is 11.5. The summed E-state index contributed by atoms with van der Waals surface area (Å²) in [5.41, 5.74) is 7.29. The van der Waals surface area contributed by atoms with Crippen molar-refractivity contribution in [3.8, 4) is 5.75 Å². The van der Waals surface area contributed by atoms with Gasteiger partial charge in [0.15, 0.2) is 6.61 Å². The predicted molar refractivity (Wildman–Crippen MR) is 70.0 cm³/mol. The van der Waals surface area contributed by atoms with Crippen LogP contribution in [0.25, 0.3) is 0 Å². The Morgan fingerprint density at radius 3 is 2.88 bits per heavy atom. The Bertz CT molecular complexity index is 421. The molecular formula is C12H15BrN2O2. The van der Waals surface area contributed by atoms with Gasteiger partial charge in [-0.25, -0.2) is 0 Å². The molecule has 0 unspecified atom stereocenters. The van der Waals surface area contributed by atoms with E-state index in [1.165, 1.54) is 0 Å². The SMILES string of the molecule is Cc1cc(Br)cc(N)c1OCC(=O)NC1CC1. The normalized spacial score (nSPS) is 14.5. The van der Waals surface area contributed by atoms with Gasteiger partial charge in [0.25, 0.3) is 5.91 Å². The Balaban J connectivity index is 1.95. The number of amides is 1. The molecule has 1 aromatic carbocycles. The Labute approximate surface area is 109 Å². The van der Waals surface area contributed by atoms with Gasteiger partial charge in [0.2, 0.25) is 0 Å². The second-order valence-electron chi connectivity index (χ2n) is 4.27. The van der Waals surface area contributed by atoms with Gasteiger partial charge in [-0.15, -0.1) is 0 Å². The molecule has 0 spiro atoms. The number of carbonyl (C=O) groups is 1. The summed E-state index contributed by atoms with van der Waals surface area (Å²) in [5.74, 6) is 0.494. The molecule has 1 fully saturated rings. The highest BCUT2D eigenvalue weighted by molar-refractivity contribution is 9.10. The standard InChI is InChI=1S/C12H15BrN2O2/c1-7-4-8(13)5-10(14)12(7)17-6-11(16)15-9-2-3-9/h4-5,9H,2-3,6,14H2,1H3,(H,15,16). The van der Waals surface area contributed by atoms with E-state index in [1.54, 1.807) is 6.07 Å². The monoisotopic (exact) mass is 298 g/mol. The third-order valence-corrected chi connectivity index (χ3v) is 3.02. The molecule has 0 radical (unpaired) electrons. The van der Waals surface area contributed by atoms with E-state index >= 15 is 0 Å². The summed E-state index contributed by atoms with van der Waals surface area (Å²) in [6.07, 6.45) is 2.15. The zero-order valence-electron chi connectivity index (χ0n) is 9.63. The summed E-state index contributed by atoms with van der Waals surface area (Å²) in [5, 5.41) is 2.86. The summed E-state index contributed by atoms with van der Waals surface area (Å²) in [6, 6.07) is 4.03. The van der Waals surface area contributed by atoms with E-state index in [4.69, 9.17) is 10.5 Å². The number of halogens is 1. The number of benzene rings is 1. The first kappa shape index (κ1) is 12.2. The van der Waals surface area contributed by atoms with Crippen LogP contribution in [0.15, 0.2) is 16.6 Å². The van der Waals surface area contributed by atoms with Crippen molar-refractivity contribution in [2.75, 3.05) is 12.3 Å². The molecule has 0 saturated heterocycles. The van der Waals surface area contributed by atoms with E-state index in [2.05, 4.69) is 21.2 Å². The molecule has 92 valence electrons. The van der Waals surface area contributed by atoms with E-state index in [-0.39, 0.29) is 12.5 Å². The van der Waals surface area contributed by atoms with Crippen LogP contribution < -0.4 is 15.8 Å². The van der Waals surface area contributed by atoms with E-state index < -0.39 is 0 Å². The summed E-state index contributed by atoms with van der Waals surface area (Å²) < 4.78 is 6.36. The maximum Gasteiger partial charge on any atom is 0.258 e. The van der Waals surface area contributed by atoms with Gasteiger partial charge in [0, 0.05) is 10.5 Å². The van der Waals surface area contributed by atoms with Crippen molar-refractivity contribution < 1.29 is 9.53 Å². The summed E-state index contributed by atoms with van der Waals surface area (Å²) in [7, 11) is 0. The number of carbonyl (C=O) groups excluding carboxylic acids is 1. The second kappa shape index (κ2) is 4.96. The second-order valence-corrected chi connectivity index (χ2v) is 5.19. The minimum absolute atomic E-state index is 0.0170. The number of aryl methyl sites for hydroxylation is 1. The van der Waals surface area contributed by atoms with Gasteiger partial charge in [-0.2, -0.15) is 0 Å². The minimum Gasteiger partial charge on any atom is -0.481 e. The third-order valence-electron chi connectivity index (χ3n) is 2.56.